The van der Waals surface area contributed by atoms with Crippen molar-refractivity contribution >= 4 is 10.0 Å². The minimum absolute atomic E-state index is 0.315. The van der Waals surface area contributed by atoms with Crippen LogP contribution in [-0.2, 0) is 17.1 Å². The predicted molar refractivity (Wildman–Crippen MR) is 64.0 cm³/mol. The topological polar surface area (TPSA) is 81.2 Å². The van der Waals surface area contributed by atoms with E-state index in [9.17, 15) is 8.42 Å². The number of hydrogen-bond donors (Lipinski definition) is 1. The highest BCUT2D eigenvalue weighted by atomic mass is 32.2. The van der Waals surface area contributed by atoms with E-state index in [-0.39, 0.29) is 0 Å². The second kappa shape index (κ2) is 3.54. The minimum atomic E-state index is -3.44. The van der Waals surface area contributed by atoms with Crippen LogP contribution in [0.5, 0.6) is 0 Å². The molecule has 0 aliphatic carbocycles. The Kier molecular flexibility index (Phi) is 2.61. The maximum atomic E-state index is 12.4. The van der Waals surface area contributed by atoms with Crippen molar-refractivity contribution in [3.05, 3.63) is 11.4 Å². The first-order valence-corrected chi connectivity index (χ1v) is 6.88. The number of aromatic nitrogens is 2. The van der Waals surface area contributed by atoms with E-state index in [4.69, 9.17) is 5.73 Å². The molecule has 0 amide bonds. The third-order valence-corrected chi connectivity index (χ3v) is 5.16. The Hall–Kier alpha value is -0.920. The molecule has 2 rings (SSSR count). The number of nitrogens with two attached hydrogens (primary N) is 1. The fraction of sp³-hybridized carbons (Fsp3) is 0.700. The summed E-state index contributed by atoms with van der Waals surface area (Å²) in [6.45, 7) is 6.05. The van der Waals surface area contributed by atoms with Gasteiger partial charge < -0.3 is 5.73 Å². The van der Waals surface area contributed by atoms with Crippen LogP contribution in [-0.4, -0.2) is 41.1 Å². The quantitative estimate of drug-likeness (QED) is 0.793. The lowest BCUT2D eigenvalue weighted by molar-refractivity contribution is 0.176. The maximum Gasteiger partial charge on any atom is 0.246 e. The molecular formula is C10H18N4O2S. The van der Waals surface area contributed by atoms with Gasteiger partial charge in [-0.05, 0) is 20.8 Å². The highest BCUT2D eigenvalue weighted by Gasteiger charge is 2.44. The minimum Gasteiger partial charge on any atom is -0.323 e. The van der Waals surface area contributed by atoms with Crippen molar-refractivity contribution in [3.8, 4) is 0 Å². The van der Waals surface area contributed by atoms with Crippen molar-refractivity contribution in [2.24, 2.45) is 12.8 Å². The number of rotatable bonds is 2. The average Bonchev–Trinajstić information content (AvgIpc) is 2.37. The fourth-order valence-corrected chi connectivity index (χ4v) is 4.29. The van der Waals surface area contributed by atoms with E-state index in [1.54, 1.807) is 25.6 Å². The molecule has 0 saturated carbocycles. The summed E-state index contributed by atoms with van der Waals surface area (Å²) in [7, 11) is -1.70. The zero-order valence-corrected chi connectivity index (χ0v) is 11.4. The van der Waals surface area contributed by atoms with Crippen LogP contribution in [0.25, 0.3) is 0 Å². The standard InChI is InChI=1S/C10H18N4O2S/c1-7-9(8(2)13(4)12-7)17(15,16)14-5-10(3,11)6-14/h5-6,11H2,1-4H3. The molecule has 1 saturated heterocycles. The number of aryl methyl sites for hydroxylation is 2. The molecule has 7 heteroatoms. The average molecular weight is 258 g/mol. The highest BCUT2D eigenvalue weighted by molar-refractivity contribution is 7.89. The summed E-state index contributed by atoms with van der Waals surface area (Å²) in [5, 5.41) is 4.13. The zero-order valence-electron chi connectivity index (χ0n) is 10.6. The van der Waals surface area contributed by atoms with Crippen molar-refractivity contribution in [3.63, 3.8) is 0 Å². The molecule has 0 spiro atoms. The van der Waals surface area contributed by atoms with Crippen molar-refractivity contribution < 1.29 is 8.42 Å². The molecule has 1 aliphatic rings. The lowest BCUT2D eigenvalue weighted by Crippen LogP contribution is -2.66. The summed E-state index contributed by atoms with van der Waals surface area (Å²) in [5.41, 5.74) is 6.63. The van der Waals surface area contributed by atoms with Crippen molar-refractivity contribution in [2.75, 3.05) is 13.1 Å². The number of hydrogen-bond acceptors (Lipinski definition) is 4. The van der Waals surface area contributed by atoms with Crippen LogP contribution in [0.4, 0.5) is 0 Å². The van der Waals surface area contributed by atoms with Crippen LogP contribution < -0.4 is 5.73 Å². The second-order valence-corrected chi connectivity index (χ2v) is 6.93. The van der Waals surface area contributed by atoms with Gasteiger partial charge in [0, 0.05) is 25.7 Å². The van der Waals surface area contributed by atoms with E-state index in [2.05, 4.69) is 5.10 Å². The summed E-state index contributed by atoms with van der Waals surface area (Å²) in [4.78, 5) is 0.315. The van der Waals surface area contributed by atoms with Gasteiger partial charge in [-0.25, -0.2) is 8.42 Å². The van der Waals surface area contributed by atoms with E-state index in [0.29, 0.717) is 29.4 Å². The molecule has 0 aromatic carbocycles. The molecule has 1 aromatic heterocycles. The number of sulfonamides is 1. The summed E-state index contributed by atoms with van der Waals surface area (Å²) in [6, 6.07) is 0. The summed E-state index contributed by atoms with van der Waals surface area (Å²) in [5.74, 6) is 0. The van der Waals surface area contributed by atoms with Crippen LogP contribution in [0.15, 0.2) is 4.90 Å². The largest absolute Gasteiger partial charge is 0.323 e. The van der Waals surface area contributed by atoms with Gasteiger partial charge in [-0.1, -0.05) is 0 Å². The molecule has 2 heterocycles. The Labute approximate surface area is 101 Å². The maximum absolute atomic E-state index is 12.4. The van der Waals surface area contributed by atoms with Gasteiger partial charge in [-0.2, -0.15) is 9.40 Å². The Bertz CT molecular complexity index is 551. The van der Waals surface area contributed by atoms with Gasteiger partial charge in [0.25, 0.3) is 0 Å². The van der Waals surface area contributed by atoms with E-state index in [1.165, 1.54) is 4.31 Å². The molecule has 0 unspecified atom stereocenters. The van der Waals surface area contributed by atoms with Gasteiger partial charge in [-0.3, -0.25) is 4.68 Å². The summed E-state index contributed by atoms with van der Waals surface area (Å²) < 4.78 is 27.7. The Morgan fingerprint density at radius 2 is 1.88 bits per heavy atom. The van der Waals surface area contributed by atoms with Gasteiger partial charge in [0.2, 0.25) is 10.0 Å². The molecule has 96 valence electrons. The lowest BCUT2D eigenvalue weighted by Gasteiger charge is -2.44. The SMILES string of the molecule is Cc1nn(C)c(C)c1S(=O)(=O)N1CC(C)(N)C1. The first-order valence-electron chi connectivity index (χ1n) is 5.44. The molecule has 1 fully saturated rings. The summed E-state index contributed by atoms with van der Waals surface area (Å²) >= 11 is 0. The van der Waals surface area contributed by atoms with Crippen molar-refractivity contribution in [1.82, 2.24) is 14.1 Å². The first kappa shape index (κ1) is 12.5. The second-order valence-electron chi connectivity index (χ2n) is 5.05. The molecule has 0 atom stereocenters. The molecular weight excluding hydrogens is 240 g/mol. The van der Waals surface area contributed by atoms with Crippen molar-refractivity contribution in [2.45, 2.75) is 31.2 Å². The molecule has 0 radical (unpaired) electrons. The third kappa shape index (κ3) is 1.88. The molecule has 1 aromatic rings. The van der Waals surface area contributed by atoms with Gasteiger partial charge in [0.15, 0.2) is 0 Å². The van der Waals surface area contributed by atoms with Crippen LogP contribution in [0.2, 0.25) is 0 Å². The monoisotopic (exact) mass is 258 g/mol. The van der Waals surface area contributed by atoms with Crippen LogP contribution >= 0.6 is 0 Å². The lowest BCUT2D eigenvalue weighted by atomic mass is 9.97. The highest BCUT2D eigenvalue weighted by Crippen LogP contribution is 2.29. The van der Waals surface area contributed by atoms with Crippen molar-refractivity contribution in [1.29, 1.82) is 0 Å². The third-order valence-electron chi connectivity index (χ3n) is 3.12. The smallest absolute Gasteiger partial charge is 0.246 e. The fourth-order valence-electron chi connectivity index (χ4n) is 2.19. The van der Waals surface area contributed by atoms with Gasteiger partial charge in [-0.15, -0.1) is 0 Å². The normalized spacial score (nSPS) is 20.3. The van der Waals surface area contributed by atoms with E-state index >= 15 is 0 Å². The van der Waals surface area contributed by atoms with E-state index < -0.39 is 15.6 Å². The molecule has 2 N–H and O–H groups in total. The van der Waals surface area contributed by atoms with Crippen LogP contribution in [0, 0.1) is 13.8 Å². The van der Waals surface area contributed by atoms with Gasteiger partial charge >= 0.3 is 0 Å². The number of nitrogens with zero attached hydrogens (tertiary/aromatic N) is 3. The zero-order chi connectivity index (χ0) is 13.0. The molecule has 0 bridgehead atoms. The van der Waals surface area contributed by atoms with E-state index in [0.717, 1.165) is 0 Å². The van der Waals surface area contributed by atoms with Crippen LogP contribution in [0.3, 0.4) is 0 Å². The Balaban J connectivity index is 2.40. The Morgan fingerprint density at radius 3 is 2.24 bits per heavy atom. The molecule has 1 aliphatic heterocycles. The first-order chi connectivity index (χ1) is 7.65. The van der Waals surface area contributed by atoms with Crippen LogP contribution in [0.1, 0.15) is 18.3 Å². The predicted octanol–water partition coefficient (Wildman–Crippen LogP) is -0.241. The molecule has 6 nitrogen and oxygen atoms in total. The Morgan fingerprint density at radius 1 is 1.35 bits per heavy atom. The van der Waals surface area contributed by atoms with Gasteiger partial charge in [0.1, 0.15) is 4.90 Å². The van der Waals surface area contributed by atoms with Gasteiger partial charge in [0.05, 0.1) is 11.4 Å². The molecule has 17 heavy (non-hydrogen) atoms. The summed E-state index contributed by atoms with van der Waals surface area (Å²) in [6.07, 6.45) is 0. The van der Waals surface area contributed by atoms with E-state index in [1.807, 2.05) is 6.92 Å².